The van der Waals surface area contributed by atoms with Gasteiger partial charge in [-0.25, -0.2) is 9.78 Å². The highest BCUT2D eigenvalue weighted by Crippen LogP contribution is 2.30. The second-order valence-electron chi connectivity index (χ2n) is 5.54. The van der Waals surface area contributed by atoms with Crippen molar-refractivity contribution in [3.05, 3.63) is 58.9 Å². The van der Waals surface area contributed by atoms with Crippen molar-refractivity contribution in [2.45, 2.75) is 31.5 Å². The Morgan fingerprint density at radius 2 is 1.88 bits per heavy atom. The molecule has 1 atom stereocenters. The number of ether oxygens (including phenoxy) is 2. The van der Waals surface area contributed by atoms with Crippen LogP contribution in [0.5, 0.6) is 5.75 Å². The predicted molar refractivity (Wildman–Crippen MR) is 90.3 cm³/mol. The molecule has 8 heteroatoms. The first-order valence-corrected chi connectivity index (χ1v) is 8.19. The van der Waals surface area contributed by atoms with Gasteiger partial charge in [0.1, 0.15) is 17.0 Å². The minimum absolute atomic E-state index is 0.0893. The van der Waals surface area contributed by atoms with Crippen molar-refractivity contribution >= 4 is 17.6 Å². The summed E-state index contributed by atoms with van der Waals surface area (Å²) in [5.74, 6) is -0.101. The van der Waals surface area contributed by atoms with E-state index in [0.29, 0.717) is 16.9 Å². The lowest BCUT2D eigenvalue weighted by Gasteiger charge is -2.20. The largest absolute Gasteiger partial charge is 0.484 e. The molecule has 1 aromatic heterocycles. The molecule has 2 aromatic rings. The van der Waals surface area contributed by atoms with Gasteiger partial charge in [0.2, 0.25) is 0 Å². The van der Waals surface area contributed by atoms with E-state index in [1.165, 1.54) is 19.4 Å². The third kappa shape index (κ3) is 6.22. The van der Waals surface area contributed by atoms with Crippen LogP contribution in [0, 0.1) is 0 Å². The third-order valence-corrected chi connectivity index (χ3v) is 3.83. The Balaban J connectivity index is 2.15. The number of aromatic nitrogens is 1. The summed E-state index contributed by atoms with van der Waals surface area (Å²) in [6.45, 7) is 0. The fourth-order valence-corrected chi connectivity index (χ4v) is 2.44. The van der Waals surface area contributed by atoms with Crippen molar-refractivity contribution in [1.29, 1.82) is 0 Å². The molecule has 0 fully saturated rings. The molecule has 4 nitrogen and oxygen atoms in total. The fourth-order valence-electron chi connectivity index (χ4n) is 2.33. The van der Waals surface area contributed by atoms with Crippen molar-refractivity contribution in [3.63, 3.8) is 0 Å². The smallest absolute Gasteiger partial charge is 0.389 e. The zero-order valence-corrected chi connectivity index (χ0v) is 14.7. The molecule has 0 aliphatic rings. The molecule has 0 N–H and O–H groups in total. The molecular formula is C18H17ClF3NO3. The molecule has 0 radical (unpaired) electrons. The monoisotopic (exact) mass is 387 g/mol. The summed E-state index contributed by atoms with van der Waals surface area (Å²) < 4.78 is 47.8. The number of rotatable bonds is 7. The van der Waals surface area contributed by atoms with E-state index in [1.54, 1.807) is 30.3 Å². The fraction of sp³-hybridized carbons (Fsp3) is 0.333. The third-order valence-electron chi connectivity index (χ3n) is 3.61. The van der Waals surface area contributed by atoms with Crippen LogP contribution in [-0.4, -0.2) is 24.2 Å². The average molecular weight is 388 g/mol. The van der Waals surface area contributed by atoms with E-state index in [9.17, 15) is 18.0 Å². The highest BCUT2D eigenvalue weighted by molar-refractivity contribution is 6.29. The first-order chi connectivity index (χ1) is 12.3. The number of pyridine rings is 1. The molecular weight excluding hydrogens is 371 g/mol. The topological polar surface area (TPSA) is 48.4 Å². The van der Waals surface area contributed by atoms with E-state index in [2.05, 4.69) is 9.72 Å². The molecule has 0 aliphatic heterocycles. The number of hydrogen-bond acceptors (Lipinski definition) is 4. The second-order valence-corrected chi connectivity index (χ2v) is 5.93. The summed E-state index contributed by atoms with van der Waals surface area (Å²) in [5, 5.41) is 0.286. The van der Waals surface area contributed by atoms with Crippen LogP contribution in [0.1, 0.15) is 41.3 Å². The van der Waals surface area contributed by atoms with Crippen LogP contribution in [0.2, 0.25) is 5.15 Å². The van der Waals surface area contributed by atoms with E-state index >= 15 is 0 Å². The van der Waals surface area contributed by atoms with E-state index in [4.69, 9.17) is 16.3 Å². The van der Waals surface area contributed by atoms with E-state index in [-0.39, 0.29) is 18.0 Å². The van der Waals surface area contributed by atoms with Gasteiger partial charge in [0.25, 0.3) is 0 Å². The van der Waals surface area contributed by atoms with Crippen molar-refractivity contribution in [2.75, 3.05) is 7.11 Å². The van der Waals surface area contributed by atoms with Crippen molar-refractivity contribution in [1.82, 2.24) is 4.98 Å². The van der Waals surface area contributed by atoms with E-state index in [1.807, 2.05) is 0 Å². The summed E-state index contributed by atoms with van der Waals surface area (Å²) in [5.41, 5.74) is 0.994. The van der Waals surface area contributed by atoms with Gasteiger partial charge in [-0.3, -0.25) is 0 Å². The molecule has 0 saturated carbocycles. The molecule has 26 heavy (non-hydrogen) atoms. The second kappa shape index (κ2) is 8.89. The van der Waals surface area contributed by atoms with Gasteiger partial charge >= 0.3 is 12.1 Å². The number of alkyl halides is 3. The summed E-state index contributed by atoms with van der Waals surface area (Å²) >= 11 is 5.72. The van der Waals surface area contributed by atoms with Crippen molar-refractivity contribution < 1.29 is 27.4 Å². The van der Waals surface area contributed by atoms with Gasteiger partial charge in [-0.05, 0) is 42.7 Å². The van der Waals surface area contributed by atoms with Crippen LogP contribution in [0.15, 0.2) is 42.6 Å². The molecule has 0 amide bonds. The number of methoxy groups -OCH3 is 1. The van der Waals surface area contributed by atoms with Gasteiger partial charge < -0.3 is 9.47 Å². The lowest BCUT2D eigenvalue weighted by molar-refractivity contribution is -0.136. The summed E-state index contributed by atoms with van der Waals surface area (Å²) in [6, 6.07) is 9.48. The molecule has 0 aliphatic carbocycles. The number of nitrogens with zero attached hydrogens (tertiary/aromatic N) is 1. The Morgan fingerprint density at radius 3 is 2.42 bits per heavy atom. The quantitative estimate of drug-likeness (QED) is 0.473. The SMILES string of the molecule is COC(=O)c1ccc(C(CCCC(F)(F)F)Oc2ccc(Cl)nc2)cc1. The lowest BCUT2D eigenvalue weighted by Crippen LogP contribution is -2.12. The van der Waals surface area contributed by atoms with Crippen LogP contribution >= 0.6 is 11.6 Å². The molecule has 1 heterocycles. The van der Waals surface area contributed by atoms with Gasteiger partial charge in [0.15, 0.2) is 0 Å². The highest BCUT2D eigenvalue weighted by Gasteiger charge is 2.27. The van der Waals surface area contributed by atoms with Gasteiger partial charge in [0, 0.05) is 6.42 Å². The first kappa shape index (κ1) is 20.0. The number of benzene rings is 1. The maximum Gasteiger partial charge on any atom is 0.389 e. The summed E-state index contributed by atoms with van der Waals surface area (Å²) in [6.07, 6.45) is -4.27. The van der Waals surface area contributed by atoms with Crippen LogP contribution in [-0.2, 0) is 4.74 Å². The number of esters is 1. The Hall–Kier alpha value is -2.28. The predicted octanol–water partition coefficient (Wildman–Crippen LogP) is 5.37. The van der Waals surface area contributed by atoms with Crippen molar-refractivity contribution in [3.8, 4) is 5.75 Å². The van der Waals surface area contributed by atoms with E-state index < -0.39 is 24.7 Å². The molecule has 2 rings (SSSR count). The van der Waals surface area contributed by atoms with E-state index in [0.717, 1.165) is 0 Å². The van der Waals surface area contributed by atoms with Crippen LogP contribution in [0.4, 0.5) is 13.2 Å². The number of halogens is 4. The van der Waals surface area contributed by atoms with Gasteiger partial charge in [0.05, 0.1) is 18.9 Å². The number of carbonyl (C=O) groups excluding carboxylic acids is 1. The zero-order chi connectivity index (χ0) is 19.2. The summed E-state index contributed by atoms with van der Waals surface area (Å²) in [7, 11) is 1.27. The summed E-state index contributed by atoms with van der Waals surface area (Å²) in [4.78, 5) is 15.4. The lowest BCUT2D eigenvalue weighted by atomic mass is 10.0. The van der Waals surface area contributed by atoms with Crippen LogP contribution < -0.4 is 4.74 Å². The van der Waals surface area contributed by atoms with Gasteiger partial charge in [-0.2, -0.15) is 13.2 Å². The molecule has 1 aromatic carbocycles. The Labute approximate surface area is 153 Å². The van der Waals surface area contributed by atoms with Crippen LogP contribution in [0.3, 0.4) is 0 Å². The minimum Gasteiger partial charge on any atom is -0.484 e. The maximum atomic E-state index is 12.4. The molecule has 1 unspecified atom stereocenters. The van der Waals surface area contributed by atoms with Gasteiger partial charge in [-0.1, -0.05) is 23.7 Å². The number of carbonyl (C=O) groups is 1. The zero-order valence-electron chi connectivity index (χ0n) is 13.9. The molecule has 0 saturated heterocycles. The standard InChI is InChI=1S/C18H17ClF3NO3/c1-25-17(24)13-6-4-12(5-7-13)15(3-2-10-18(20,21)22)26-14-8-9-16(19)23-11-14/h4-9,11,15H,2-3,10H2,1H3. The molecule has 0 spiro atoms. The number of hydrogen-bond donors (Lipinski definition) is 0. The molecule has 140 valence electrons. The normalized spacial score (nSPS) is 12.5. The van der Waals surface area contributed by atoms with Crippen molar-refractivity contribution in [2.24, 2.45) is 0 Å². The molecule has 0 bridgehead atoms. The average Bonchev–Trinajstić information content (AvgIpc) is 2.61. The highest BCUT2D eigenvalue weighted by atomic mass is 35.5. The minimum atomic E-state index is -4.22. The van der Waals surface area contributed by atoms with Gasteiger partial charge in [-0.15, -0.1) is 0 Å². The Morgan fingerprint density at radius 1 is 1.19 bits per heavy atom. The maximum absolute atomic E-state index is 12.4. The Kier molecular flexibility index (Phi) is 6.85. The van der Waals surface area contributed by atoms with Crippen LogP contribution in [0.25, 0.3) is 0 Å². The first-order valence-electron chi connectivity index (χ1n) is 7.82. The Bertz CT molecular complexity index is 718.